The summed E-state index contributed by atoms with van der Waals surface area (Å²) >= 11 is 0. The first-order valence-corrected chi connectivity index (χ1v) is 4.68. The molecule has 0 bridgehead atoms. The van der Waals surface area contributed by atoms with Crippen molar-refractivity contribution >= 4 is 0 Å². The summed E-state index contributed by atoms with van der Waals surface area (Å²) in [6.07, 6.45) is 4.17. The van der Waals surface area contributed by atoms with Crippen LogP contribution in [0.15, 0.2) is 0 Å². The van der Waals surface area contributed by atoms with Gasteiger partial charge in [-0.05, 0) is 26.2 Å². The molecule has 0 radical (unpaired) electrons. The van der Waals surface area contributed by atoms with E-state index in [-0.39, 0.29) is 0 Å². The second-order valence-corrected chi connectivity index (χ2v) is 3.35. The van der Waals surface area contributed by atoms with Crippen molar-refractivity contribution in [1.29, 1.82) is 0 Å². The predicted molar refractivity (Wildman–Crippen MR) is 46.7 cm³/mol. The van der Waals surface area contributed by atoms with E-state index in [9.17, 15) is 0 Å². The van der Waals surface area contributed by atoms with E-state index in [0.29, 0.717) is 12.1 Å². The molecule has 0 unspecified atom stereocenters. The molecule has 0 aromatic heterocycles. The maximum atomic E-state index is 5.49. The lowest BCUT2D eigenvalue weighted by Gasteiger charge is -2.14. The molecular weight excluding hydrogens is 138 g/mol. The van der Waals surface area contributed by atoms with Crippen LogP contribution in [0.1, 0.15) is 33.1 Å². The summed E-state index contributed by atoms with van der Waals surface area (Å²) in [6.45, 7) is 6.42. The number of nitrogens with one attached hydrogen (secondary N) is 1. The molecule has 1 rings (SSSR count). The van der Waals surface area contributed by atoms with Gasteiger partial charge in [-0.2, -0.15) is 0 Å². The Morgan fingerprint density at radius 2 is 2.45 bits per heavy atom. The van der Waals surface area contributed by atoms with E-state index in [4.69, 9.17) is 4.74 Å². The molecule has 2 heteroatoms. The highest BCUT2D eigenvalue weighted by Crippen LogP contribution is 2.10. The van der Waals surface area contributed by atoms with Gasteiger partial charge >= 0.3 is 0 Å². The van der Waals surface area contributed by atoms with Crippen LogP contribution < -0.4 is 5.32 Å². The first-order chi connectivity index (χ1) is 5.33. The van der Waals surface area contributed by atoms with Crippen LogP contribution in [-0.2, 0) is 4.74 Å². The number of hydrogen-bond acceptors (Lipinski definition) is 2. The Kier molecular flexibility index (Phi) is 3.87. The Bertz CT molecular complexity index is 99.7. The molecule has 1 saturated heterocycles. The molecule has 0 aromatic rings. The van der Waals surface area contributed by atoms with Crippen molar-refractivity contribution in [3.05, 3.63) is 0 Å². The highest BCUT2D eigenvalue weighted by atomic mass is 16.5. The fourth-order valence-electron chi connectivity index (χ4n) is 1.28. The lowest BCUT2D eigenvalue weighted by Crippen LogP contribution is -2.32. The lowest BCUT2D eigenvalue weighted by atomic mass is 10.2. The highest BCUT2D eigenvalue weighted by molar-refractivity contribution is 4.69. The third-order valence-electron chi connectivity index (χ3n) is 2.33. The van der Waals surface area contributed by atoms with E-state index in [1.165, 1.54) is 19.3 Å². The highest BCUT2D eigenvalue weighted by Gasteiger charge is 2.15. The van der Waals surface area contributed by atoms with Gasteiger partial charge < -0.3 is 10.1 Å². The summed E-state index contributed by atoms with van der Waals surface area (Å²) in [7, 11) is 0. The summed E-state index contributed by atoms with van der Waals surface area (Å²) in [5, 5.41) is 3.45. The van der Waals surface area contributed by atoms with Gasteiger partial charge in [0.2, 0.25) is 0 Å². The average molecular weight is 157 g/mol. The number of rotatable bonds is 4. The Labute approximate surface area is 69.3 Å². The van der Waals surface area contributed by atoms with Crippen LogP contribution in [0.2, 0.25) is 0 Å². The van der Waals surface area contributed by atoms with Gasteiger partial charge in [0.05, 0.1) is 6.10 Å². The topological polar surface area (TPSA) is 21.3 Å². The molecule has 0 amide bonds. The maximum Gasteiger partial charge on any atom is 0.0700 e. The molecule has 0 aliphatic carbocycles. The first-order valence-electron chi connectivity index (χ1n) is 4.68. The molecular formula is C9H19NO. The molecule has 1 fully saturated rings. The van der Waals surface area contributed by atoms with Gasteiger partial charge in [0.15, 0.2) is 0 Å². The van der Waals surface area contributed by atoms with E-state index >= 15 is 0 Å². The van der Waals surface area contributed by atoms with Gasteiger partial charge in [0.25, 0.3) is 0 Å². The molecule has 66 valence electrons. The smallest absolute Gasteiger partial charge is 0.0700 e. The monoisotopic (exact) mass is 157 g/mol. The fraction of sp³-hybridized carbons (Fsp3) is 1.00. The summed E-state index contributed by atoms with van der Waals surface area (Å²) in [6, 6.07) is 0.638. The van der Waals surface area contributed by atoms with Crippen molar-refractivity contribution in [3.8, 4) is 0 Å². The van der Waals surface area contributed by atoms with Crippen LogP contribution >= 0.6 is 0 Å². The van der Waals surface area contributed by atoms with Gasteiger partial charge in [0, 0.05) is 19.2 Å². The SMILES string of the molecule is CC[C@@H](C)NC[C@H]1CCCO1. The van der Waals surface area contributed by atoms with E-state index in [0.717, 1.165) is 13.2 Å². The average Bonchev–Trinajstić information content (AvgIpc) is 2.52. The van der Waals surface area contributed by atoms with Crippen molar-refractivity contribution in [2.75, 3.05) is 13.2 Å². The van der Waals surface area contributed by atoms with Crippen LogP contribution in [0.3, 0.4) is 0 Å². The molecule has 1 aliphatic heterocycles. The van der Waals surface area contributed by atoms with Gasteiger partial charge in [-0.1, -0.05) is 6.92 Å². The normalized spacial score (nSPS) is 27.3. The van der Waals surface area contributed by atoms with Crippen LogP contribution in [0, 0.1) is 0 Å². The van der Waals surface area contributed by atoms with E-state index in [1.807, 2.05) is 0 Å². The lowest BCUT2D eigenvalue weighted by molar-refractivity contribution is 0.108. The summed E-state index contributed by atoms with van der Waals surface area (Å²) < 4.78 is 5.49. The van der Waals surface area contributed by atoms with E-state index < -0.39 is 0 Å². The number of hydrogen-bond donors (Lipinski definition) is 1. The minimum Gasteiger partial charge on any atom is -0.377 e. The fourth-order valence-corrected chi connectivity index (χ4v) is 1.28. The molecule has 2 nitrogen and oxygen atoms in total. The van der Waals surface area contributed by atoms with E-state index in [2.05, 4.69) is 19.2 Å². The summed E-state index contributed by atoms with van der Waals surface area (Å²) in [4.78, 5) is 0. The maximum absolute atomic E-state index is 5.49. The molecule has 0 saturated carbocycles. The van der Waals surface area contributed by atoms with Crippen molar-refractivity contribution in [1.82, 2.24) is 5.32 Å². The predicted octanol–water partition coefficient (Wildman–Crippen LogP) is 1.55. The summed E-state index contributed by atoms with van der Waals surface area (Å²) in [5.74, 6) is 0. The van der Waals surface area contributed by atoms with E-state index in [1.54, 1.807) is 0 Å². The molecule has 2 atom stereocenters. The van der Waals surface area contributed by atoms with Gasteiger partial charge in [-0.25, -0.2) is 0 Å². The van der Waals surface area contributed by atoms with Crippen molar-refractivity contribution in [2.45, 2.75) is 45.3 Å². The van der Waals surface area contributed by atoms with Crippen LogP contribution in [0.25, 0.3) is 0 Å². The zero-order valence-electron chi connectivity index (χ0n) is 7.60. The van der Waals surface area contributed by atoms with Crippen LogP contribution in [-0.4, -0.2) is 25.3 Å². The number of ether oxygens (including phenoxy) is 1. The van der Waals surface area contributed by atoms with Crippen molar-refractivity contribution in [3.63, 3.8) is 0 Å². The molecule has 0 spiro atoms. The Hall–Kier alpha value is -0.0800. The van der Waals surface area contributed by atoms with Gasteiger partial charge in [-0.15, -0.1) is 0 Å². The van der Waals surface area contributed by atoms with Gasteiger partial charge in [-0.3, -0.25) is 0 Å². The Morgan fingerprint density at radius 1 is 1.64 bits per heavy atom. The third kappa shape index (κ3) is 3.21. The van der Waals surface area contributed by atoms with Crippen molar-refractivity contribution < 1.29 is 4.74 Å². The standard InChI is InChI=1S/C9H19NO/c1-3-8(2)10-7-9-5-4-6-11-9/h8-10H,3-7H2,1-2H3/t8-,9-/m1/s1. The first kappa shape index (κ1) is 9.01. The molecule has 1 heterocycles. The molecule has 1 N–H and O–H groups in total. The van der Waals surface area contributed by atoms with Crippen molar-refractivity contribution in [2.24, 2.45) is 0 Å². The quantitative estimate of drug-likeness (QED) is 0.668. The zero-order valence-corrected chi connectivity index (χ0v) is 7.60. The minimum atomic E-state index is 0.490. The summed E-state index contributed by atoms with van der Waals surface area (Å²) in [5.41, 5.74) is 0. The largest absolute Gasteiger partial charge is 0.377 e. The van der Waals surface area contributed by atoms with Crippen LogP contribution in [0.4, 0.5) is 0 Å². The third-order valence-corrected chi connectivity index (χ3v) is 2.33. The molecule has 11 heavy (non-hydrogen) atoms. The van der Waals surface area contributed by atoms with Gasteiger partial charge in [0.1, 0.15) is 0 Å². The van der Waals surface area contributed by atoms with Crippen LogP contribution in [0.5, 0.6) is 0 Å². The molecule has 0 aromatic carbocycles. The second-order valence-electron chi connectivity index (χ2n) is 3.35. The second kappa shape index (κ2) is 4.73. The zero-order chi connectivity index (χ0) is 8.10. The Morgan fingerprint density at radius 3 is 3.00 bits per heavy atom. The molecule has 1 aliphatic rings. The Balaban J connectivity index is 2.01. The minimum absolute atomic E-state index is 0.490.